The Labute approximate surface area is 118 Å². The molecular weight excluding hydrogens is 289 g/mol. The van der Waals surface area contributed by atoms with Crippen LogP contribution in [0.2, 0.25) is 10.0 Å². The maximum absolute atomic E-state index is 11.1. The number of nitrogens with zero attached hydrogens (tertiary/aromatic N) is 1. The highest BCUT2D eigenvalue weighted by atomic mass is 35.5. The second-order valence-corrected chi connectivity index (χ2v) is 5.15. The predicted molar refractivity (Wildman–Crippen MR) is 72.6 cm³/mol. The fourth-order valence-corrected chi connectivity index (χ4v) is 2.82. The van der Waals surface area contributed by atoms with E-state index in [1.54, 1.807) is 24.3 Å². The minimum atomic E-state index is -0.943. The largest absolute Gasteiger partial charge is 0.384 e. The van der Waals surface area contributed by atoms with Crippen molar-refractivity contribution in [2.45, 2.75) is 6.10 Å². The molecule has 0 amide bonds. The molecule has 4 nitrogen and oxygen atoms in total. The van der Waals surface area contributed by atoms with Crippen LogP contribution in [-0.2, 0) is 0 Å². The van der Waals surface area contributed by atoms with E-state index < -0.39 is 11.0 Å². The quantitative estimate of drug-likeness (QED) is 0.640. The third kappa shape index (κ3) is 1.80. The van der Waals surface area contributed by atoms with Crippen molar-refractivity contribution in [2.75, 3.05) is 0 Å². The molecule has 0 heterocycles. The van der Waals surface area contributed by atoms with E-state index in [1.807, 2.05) is 0 Å². The number of benzene rings is 2. The van der Waals surface area contributed by atoms with Gasteiger partial charge in [-0.25, -0.2) is 0 Å². The molecule has 1 aliphatic rings. The van der Waals surface area contributed by atoms with Gasteiger partial charge in [0.15, 0.2) is 0 Å². The first kappa shape index (κ1) is 12.4. The molecule has 3 rings (SSSR count). The summed E-state index contributed by atoms with van der Waals surface area (Å²) in [6, 6.07) is 7.76. The van der Waals surface area contributed by atoms with E-state index in [9.17, 15) is 15.2 Å². The fourth-order valence-electron chi connectivity index (χ4n) is 2.42. The van der Waals surface area contributed by atoms with Crippen LogP contribution in [0.4, 0.5) is 5.69 Å². The van der Waals surface area contributed by atoms with Crippen LogP contribution >= 0.6 is 23.2 Å². The van der Waals surface area contributed by atoms with Gasteiger partial charge in [0.05, 0.1) is 10.5 Å². The zero-order chi connectivity index (χ0) is 13.7. The Morgan fingerprint density at radius 1 is 1.11 bits per heavy atom. The molecule has 0 aliphatic heterocycles. The molecule has 1 aliphatic carbocycles. The lowest BCUT2D eigenvalue weighted by atomic mass is 10.0. The normalized spacial score (nSPS) is 16.1. The lowest BCUT2D eigenvalue weighted by molar-refractivity contribution is -0.384. The lowest BCUT2D eigenvalue weighted by Gasteiger charge is -2.05. The van der Waals surface area contributed by atoms with Crippen molar-refractivity contribution >= 4 is 28.9 Å². The summed E-state index contributed by atoms with van der Waals surface area (Å²) in [5, 5.41) is 22.1. The standard InChI is InChI=1S/C13H7Cl2NO3/c14-6-1-2-8-9(3-6)13(17)10-4-7(15)5-11(12(8)10)16(18)19/h1-5,13,17H. The molecule has 0 bridgehead atoms. The first-order chi connectivity index (χ1) is 8.99. The molecule has 1 N–H and O–H groups in total. The van der Waals surface area contributed by atoms with Crippen molar-refractivity contribution in [1.29, 1.82) is 0 Å². The zero-order valence-electron chi connectivity index (χ0n) is 9.43. The van der Waals surface area contributed by atoms with Gasteiger partial charge in [0, 0.05) is 21.7 Å². The van der Waals surface area contributed by atoms with E-state index in [-0.39, 0.29) is 10.7 Å². The molecule has 0 aromatic heterocycles. The molecule has 19 heavy (non-hydrogen) atoms. The number of rotatable bonds is 1. The van der Waals surface area contributed by atoms with E-state index in [1.165, 1.54) is 6.07 Å². The summed E-state index contributed by atoms with van der Waals surface area (Å²) in [5.41, 5.74) is 1.93. The second-order valence-electron chi connectivity index (χ2n) is 4.28. The van der Waals surface area contributed by atoms with E-state index in [0.717, 1.165) is 0 Å². The number of hydrogen-bond donors (Lipinski definition) is 1. The van der Waals surface area contributed by atoms with Gasteiger partial charge in [0.2, 0.25) is 0 Å². The topological polar surface area (TPSA) is 63.4 Å². The van der Waals surface area contributed by atoms with E-state index in [2.05, 4.69) is 0 Å². The average Bonchev–Trinajstić information content (AvgIpc) is 2.62. The second kappa shape index (κ2) is 4.20. The van der Waals surface area contributed by atoms with Gasteiger partial charge in [-0.2, -0.15) is 0 Å². The highest BCUT2D eigenvalue weighted by Gasteiger charge is 2.33. The highest BCUT2D eigenvalue weighted by Crippen LogP contribution is 2.49. The van der Waals surface area contributed by atoms with Crippen molar-refractivity contribution in [3.63, 3.8) is 0 Å². The highest BCUT2D eigenvalue weighted by molar-refractivity contribution is 6.31. The van der Waals surface area contributed by atoms with Crippen molar-refractivity contribution in [3.05, 3.63) is 61.6 Å². The van der Waals surface area contributed by atoms with Gasteiger partial charge >= 0.3 is 0 Å². The van der Waals surface area contributed by atoms with Gasteiger partial charge < -0.3 is 5.11 Å². The summed E-state index contributed by atoms with van der Waals surface area (Å²) in [5.74, 6) is 0. The number of aliphatic hydroxyl groups excluding tert-OH is 1. The molecule has 0 saturated carbocycles. The van der Waals surface area contributed by atoms with E-state index in [4.69, 9.17) is 23.2 Å². The van der Waals surface area contributed by atoms with Gasteiger partial charge in [0.25, 0.3) is 5.69 Å². The van der Waals surface area contributed by atoms with Crippen molar-refractivity contribution in [1.82, 2.24) is 0 Å². The number of nitro benzene ring substituents is 1. The smallest absolute Gasteiger partial charge is 0.279 e. The van der Waals surface area contributed by atoms with Crippen LogP contribution in [0.15, 0.2) is 30.3 Å². The fraction of sp³-hybridized carbons (Fsp3) is 0.0769. The van der Waals surface area contributed by atoms with Gasteiger partial charge in [-0.05, 0) is 29.3 Å². The third-order valence-electron chi connectivity index (χ3n) is 3.18. The van der Waals surface area contributed by atoms with E-state index in [0.29, 0.717) is 27.3 Å². The first-order valence-electron chi connectivity index (χ1n) is 5.45. The summed E-state index contributed by atoms with van der Waals surface area (Å²) in [4.78, 5) is 10.6. The average molecular weight is 296 g/mol. The van der Waals surface area contributed by atoms with Crippen LogP contribution in [0.3, 0.4) is 0 Å². The third-order valence-corrected chi connectivity index (χ3v) is 3.63. The van der Waals surface area contributed by atoms with Crippen LogP contribution in [0, 0.1) is 10.1 Å². The molecule has 0 saturated heterocycles. The molecule has 6 heteroatoms. The zero-order valence-corrected chi connectivity index (χ0v) is 10.9. The van der Waals surface area contributed by atoms with Crippen molar-refractivity contribution in [3.8, 4) is 11.1 Å². The summed E-state index contributed by atoms with van der Waals surface area (Å²) >= 11 is 11.8. The van der Waals surface area contributed by atoms with Crippen molar-refractivity contribution in [2.24, 2.45) is 0 Å². The maximum atomic E-state index is 11.1. The molecule has 1 unspecified atom stereocenters. The number of aliphatic hydroxyl groups is 1. The van der Waals surface area contributed by atoms with Crippen LogP contribution in [0.5, 0.6) is 0 Å². The summed E-state index contributed by atoms with van der Waals surface area (Å²) in [7, 11) is 0. The molecule has 0 fully saturated rings. The Balaban J connectivity index is 2.38. The lowest BCUT2D eigenvalue weighted by Crippen LogP contribution is -1.96. The minimum absolute atomic E-state index is 0.109. The number of halogens is 2. The van der Waals surface area contributed by atoms with Gasteiger partial charge in [-0.15, -0.1) is 0 Å². The maximum Gasteiger partial charge on any atom is 0.279 e. The predicted octanol–water partition coefficient (Wildman–Crippen LogP) is 3.96. The molecule has 1 atom stereocenters. The number of hydrogen-bond acceptors (Lipinski definition) is 3. The first-order valence-corrected chi connectivity index (χ1v) is 6.20. The molecular formula is C13H7Cl2NO3. The monoisotopic (exact) mass is 295 g/mol. The molecule has 2 aromatic rings. The van der Waals surface area contributed by atoms with Crippen LogP contribution in [0.1, 0.15) is 17.2 Å². The summed E-state index contributed by atoms with van der Waals surface area (Å²) < 4.78 is 0. The van der Waals surface area contributed by atoms with Crippen LogP contribution in [-0.4, -0.2) is 10.0 Å². The van der Waals surface area contributed by atoms with E-state index >= 15 is 0 Å². The SMILES string of the molecule is O=[N+]([O-])c1cc(Cl)cc2c1-c1ccc(Cl)cc1C2O. The van der Waals surface area contributed by atoms with Gasteiger partial charge in [-0.1, -0.05) is 29.3 Å². The number of nitro groups is 1. The Morgan fingerprint density at radius 3 is 2.47 bits per heavy atom. The van der Waals surface area contributed by atoms with Crippen LogP contribution < -0.4 is 0 Å². The summed E-state index contributed by atoms with van der Waals surface area (Å²) in [6.45, 7) is 0. The van der Waals surface area contributed by atoms with Gasteiger partial charge in [-0.3, -0.25) is 10.1 Å². The molecule has 2 aromatic carbocycles. The van der Waals surface area contributed by atoms with Crippen molar-refractivity contribution < 1.29 is 10.0 Å². The Hall–Kier alpha value is -1.62. The molecule has 96 valence electrons. The minimum Gasteiger partial charge on any atom is -0.384 e. The Morgan fingerprint density at radius 2 is 1.79 bits per heavy atom. The summed E-state index contributed by atoms with van der Waals surface area (Å²) in [6.07, 6.45) is -0.943. The Kier molecular flexibility index (Phi) is 2.74. The number of fused-ring (bicyclic) bond motifs is 3. The van der Waals surface area contributed by atoms with Gasteiger partial charge in [0.1, 0.15) is 6.10 Å². The van der Waals surface area contributed by atoms with Crippen LogP contribution in [0.25, 0.3) is 11.1 Å². The Bertz CT molecular complexity index is 715. The molecule has 0 spiro atoms. The molecule has 0 radical (unpaired) electrons.